The van der Waals surface area contributed by atoms with Gasteiger partial charge in [0.2, 0.25) is 0 Å². The Bertz CT molecular complexity index is 677. The molecule has 1 unspecified atom stereocenters. The minimum atomic E-state index is -0.105. The Labute approximate surface area is 137 Å². The number of ether oxygens (including phenoxy) is 2. The van der Waals surface area contributed by atoms with Crippen molar-refractivity contribution < 1.29 is 9.47 Å². The topological polar surface area (TPSA) is 44.5 Å². The van der Waals surface area contributed by atoms with E-state index in [9.17, 15) is 0 Å². The van der Waals surface area contributed by atoms with Crippen LogP contribution in [0.2, 0.25) is 5.02 Å². The van der Waals surface area contributed by atoms with Gasteiger partial charge in [-0.25, -0.2) is 0 Å². The van der Waals surface area contributed by atoms with Gasteiger partial charge in [-0.1, -0.05) is 39.7 Å². The maximum Gasteiger partial charge on any atom is 0.128 e. The molecule has 2 atom stereocenters. The molecule has 3 rings (SSSR count). The maximum atomic E-state index is 6.28. The number of hydrogen-bond acceptors (Lipinski definition) is 3. The molecule has 0 aliphatic carbocycles. The van der Waals surface area contributed by atoms with E-state index >= 15 is 0 Å². The van der Waals surface area contributed by atoms with Crippen molar-refractivity contribution >= 4 is 27.5 Å². The van der Waals surface area contributed by atoms with E-state index in [2.05, 4.69) is 15.9 Å². The van der Waals surface area contributed by atoms with E-state index in [1.54, 1.807) is 7.11 Å². The first-order chi connectivity index (χ1) is 10.1. The highest BCUT2D eigenvalue weighted by Gasteiger charge is 2.28. The van der Waals surface area contributed by atoms with E-state index in [0.29, 0.717) is 5.02 Å². The molecule has 21 heavy (non-hydrogen) atoms. The molecule has 1 aliphatic rings. The molecule has 3 nitrogen and oxygen atoms in total. The second-order valence-electron chi connectivity index (χ2n) is 5.02. The summed E-state index contributed by atoms with van der Waals surface area (Å²) in [5.74, 6) is 1.54. The highest BCUT2D eigenvalue weighted by atomic mass is 79.9. The van der Waals surface area contributed by atoms with Crippen LogP contribution in [0.25, 0.3) is 0 Å². The third kappa shape index (κ3) is 2.89. The average Bonchev–Trinajstić information content (AvgIpc) is 2.46. The summed E-state index contributed by atoms with van der Waals surface area (Å²) in [5.41, 5.74) is 8.34. The molecule has 2 N–H and O–H groups in total. The normalized spacial score (nSPS) is 20.6. The van der Waals surface area contributed by atoms with Gasteiger partial charge in [0.05, 0.1) is 7.11 Å². The van der Waals surface area contributed by atoms with E-state index < -0.39 is 0 Å². The predicted molar refractivity (Wildman–Crippen MR) is 87.1 cm³/mol. The Balaban J connectivity index is 1.96. The summed E-state index contributed by atoms with van der Waals surface area (Å²) < 4.78 is 12.3. The second kappa shape index (κ2) is 5.87. The second-order valence-corrected chi connectivity index (χ2v) is 6.31. The number of methoxy groups -OCH3 is 1. The Morgan fingerprint density at radius 1 is 1.24 bits per heavy atom. The van der Waals surface area contributed by atoms with Gasteiger partial charge in [0.25, 0.3) is 0 Å². The molecule has 1 heterocycles. The van der Waals surface area contributed by atoms with Gasteiger partial charge in [0.15, 0.2) is 0 Å². The predicted octanol–water partition coefficient (Wildman–Crippen LogP) is 4.63. The number of halogens is 2. The third-order valence-corrected chi connectivity index (χ3v) is 4.59. The van der Waals surface area contributed by atoms with Crippen molar-refractivity contribution in [3.63, 3.8) is 0 Å². The number of benzene rings is 2. The number of nitrogens with two attached hydrogens (primary N) is 1. The average molecular weight is 369 g/mol. The van der Waals surface area contributed by atoms with Gasteiger partial charge in [0.1, 0.15) is 17.6 Å². The first-order valence-electron chi connectivity index (χ1n) is 6.63. The number of hydrogen-bond donors (Lipinski definition) is 1. The van der Waals surface area contributed by atoms with Crippen LogP contribution in [0.3, 0.4) is 0 Å². The largest absolute Gasteiger partial charge is 0.497 e. The summed E-state index contributed by atoms with van der Waals surface area (Å²) in [4.78, 5) is 0. The van der Waals surface area contributed by atoms with Crippen LogP contribution in [0, 0.1) is 0 Å². The molecular weight excluding hydrogens is 354 g/mol. The van der Waals surface area contributed by atoms with Crippen molar-refractivity contribution in [1.82, 2.24) is 0 Å². The molecule has 2 aromatic rings. The van der Waals surface area contributed by atoms with Crippen molar-refractivity contribution in [3.05, 3.63) is 57.0 Å². The molecule has 0 bridgehead atoms. The fraction of sp³-hybridized carbons (Fsp3) is 0.250. The van der Waals surface area contributed by atoms with E-state index in [1.165, 1.54) is 0 Å². The first kappa shape index (κ1) is 14.7. The van der Waals surface area contributed by atoms with Crippen LogP contribution in [0.1, 0.15) is 29.7 Å². The lowest BCUT2D eigenvalue weighted by molar-refractivity contribution is 0.160. The zero-order valence-corrected chi connectivity index (χ0v) is 13.8. The molecule has 2 aromatic carbocycles. The molecule has 110 valence electrons. The van der Waals surface area contributed by atoms with Crippen LogP contribution < -0.4 is 15.2 Å². The van der Waals surface area contributed by atoms with Crippen LogP contribution in [0.5, 0.6) is 11.5 Å². The molecule has 5 heteroatoms. The minimum absolute atomic E-state index is 0.0627. The summed E-state index contributed by atoms with van der Waals surface area (Å²) >= 11 is 9.53. The van der Waals surface area contributed by atoms with Gasteiger partial charge < -0.3 is 15.2 Å². The monoisotopic (exact) mass is 367 g/mol. The van der Waals surface area contributed by atoms with E-state index in [1.807, 2.05) is 36.4 Å². The van der Waals surface area contributed by atoms with Crippen molar-refractivity contribution in [2.75, 3.05) is 7.11 Å². The zero-order valence-electron chi connectivity index (χ0n) is 11.5. The van der Waals surface area contributed by atoms with Crippen LogP contribution in [0.15, 0.2) is 40.9 Å². The van der Waals surface area contributed by atoms with Gasteiger partial charge >= 0.3 is 0 Å². The summed E-state index contributed by atoms with van der Waals surface area (Å²) in [6.07, 6.45) is 0.616. The molecule has 0 saturated heterocycles. The van der Waals surface area contributed by atoms with Crippen molar-refractivity contribution in [3.8, 4) is 11.5 Å². The van der Waals surface area contributed by atoms with Gasteiger partial charge in [-0.15, -0.1) is 0 Å². The van der Waals surface area contributed by atoms with Gasteiger partial charge in [-0.2, -0.15) is 0 Å². The van der Waals surface area contributed by atoms with E-state index in [0.717, 1.165) is 33.5 Å². The van der Waals surface area contributed by atoms with Gasteiger partial charge in [0, 0.05) is 39.2 Å². The molecule has 0 radical (unpaired) electrons. The molecule has 1 aliphatic heterocycles. The van der Waals surface area contributed by atoms with E-state index in [-0.39, 0.29) is 12.1 Å². The van der Waals surface area contributed by atoms with Gasteiger partial charge in [-0.3, -0.25) is 0 Å². The highest BCUT2D eigenvalue weighted by molar-refractivity contribution is 9.10. The summed E-state index contributed by atoms with van der Waals surface area (Å²) in [6, 6.07) is 11.4. The maximum absolute atomic E-state index is 6.28. The van der Waals surface area contributed by atoms with Crippen LogP contribution in [0.4, 0.5) is 0 Å². The third-order valence-electron chi connectivity index (χ3n) is 3.67. The smallest absolute Gasteiger partial charge is 0.128 e. The first-order valence-corrected chi connectivity index (χ1v) is 7.80. The fourth-order valence-corrected chi connectivity index (χ4v) is 3.50. The molecule has 0 spiro atoms. The quantitative estimate of drug-likeness (QED) is 0.840. The number of fused-ring (bicyclic) bond motifs is 1. The molecule has 0 amide bonds. The highest BCUT2D eigenvalue weighted by Crippen LogP contribution is 2.43. The molecule has 0 fully saturated rings. The van der Waals surface area contributed by atoms with Crippen LogP contribution in [-0.2, 0) is 0 Å². The molecule has 0 aromatic heterocycles. The van der Waals surface area contributed by atoms with Crippen molar-refractivity contribution in [2.45, 2.75) is 18.6 Å². The Hall–Kier alpha value is -1.23. The lowest BCUT2D eigenvalue weighted by Crippen LogP contribution is -2.24. The molecular formula is C16H15BrClNO2. The standard InChI is InChI=1S/C16H15BrClNO2/c1-20-10-3-5-12-14(19)8-16(21-15(12)7-10)11-4-2-9(18)6-13(11)17/h2-7,14,16H,8,19H2,1H3/t14-,16?/m0/s1. The van der Waals surface area contributed by atoms with Crippen LogP contribution >= 0.6 is 27.5 Å². The van der Waals surface area contributed by atoms with Crippen LogP contribution in [-0.4, -0.2) is 7.11 Å². The molecule has 0 saturated carbocycles. The van der Waals surface area contributed by atoms with Crippen molar-refractivity contribution in [1.29, 1.82) is 0 Å². The fourth-order valence-electron chi connectivity index (χ4n) is 2.56. The Morgan fingerprint density at radius 3 is 2.71 bits per heavy atom. The van der Waals surface area contributed by atoms with E-state index in [4.69, 9.17) is 26.8 Å². The number of rotatable bonds is 2. The summed E-state index contributed by atoms with van der Waals surface area (Å²) in [5, 5.41) is 0.688. The zero-order chi connectivity index (χ0) is 15.0. The summed E-state index contributed by atoms with van der Waals surface area (Å²) in [6.45, 7) is 0. The lowest BCUT2D eigenvalue weighted by Gasteiger charge is -2.31. The summed E-state index contributed by atoms with van der Waals surface area (Å²) in [7, 11) is 1.64. The lowest BCUT2D eigenvalue weighted by atomic mass is 9.93. The minimum Gasteiger partial charge on any atom is -0.497 e. The Morgan fingerprint density at radius 2 is 2.00 bits per heavy atom. The van der Waals surface area contributed by atoms with Crippen molar-refractivity contribution in [2.24, 2.45) is 5.73 Å². The Kier molecular flexibility index (Phi) is 4.11. The SMILES string of the molecule is COc1ccc2c(c1)OC(c1ccc(Cl)cc1Br)C[C@@H]2N. The van der Waals surface area contributed by atoms with Gasteiger partial charge in [-0.05, 0) is 18.2 Å².